The quantitative estimate of drug-likeness (QED) is 0.291. The molecule has 182 valence electrons. The zero-order chi connectivity index (χ0) is 24.5. The summed E-state index contributed by atoms with van der Waals surface area (Å²) in [5.41, 5.74) is -1.60. The van der Waals surface area contributed by atoms with Gasteiger partial charge in [0.2, 0.25) is 11.8 Å². The number of thioether (sulfide) groups is 1. The first kappa shape index (κ1) is 24.1. The fourth-order valence-corrected chi connectivity index (χ4v) is 6.17. The highest BCUT2D eigenvalue weighted by atomic mass is 32.2. The van der Waals surface area contributed by atoms with Crippen LogP contribution in [0.1, 0.15) is 43.6 Å². The lowest BCUT2D eigenvalue weighted by atomic mass is 9.86. The second-order valence-corrected chi connectivity index (χ2v) is 9.99. The van der Waals surface area contributed by atoms with Crippen LogP contribution in [0.2, 0.25) is 0 Å². The van der Waals surface area contributed by atoms with Crippen molar-refractivity contribution in [2.45, 2.75) is 55.5 Å². The molecule has 1 saturated carbocycles. The Labute approximate surface area is 200 Å². The Hall–Kier alpha value is -3.08. The number of hydrogen-bond acceptors (Lipinski definition) is 7. The first-order valence-electron chi connectivity index (χ1n) is 11.2. The molecule has 4 rings (SSSR count). The van der Waals surface area contributed by atoms with Crippen molar-refractivity contribution in [1.29, 1.82) is 0 Å². The predicted octanol–water partition coefficient (Wildman–Crippen LogP) is 1.20. The number of aliphatic carboxylic acids is 2. The van der Waals surface area contributed by atoms with Crippen molar-refractivity contribution in [3.63, 3.8) is 0 Å². The lowest BCUT2D eigenvalue weighted by Gasteiger charge is -2.53. The van der Waals surface area contributed by atoms with Gasteiger partial charge in [-0.15, -0.1) is 11.8 Å². The molecule has 1 aromatic carbocycles. The van der Waals surface area contributed by atoms with Crippen molar-refractivity contribution in [1.82, 2.24) is 10.2 Å². The van der Waals surface area contributed by atoms with E-state index in [9.17, 15) is 34.2 Å². The van der Waals surface area contributed by atoms with Crippen LogP contribution in [0, 0.1) is 5.41 Å². The van der Waals surface area contributed by atoms with Crippen LogP contribution >= 0.6 is 11.8 Å². The summed E-state index contributed by atoms with van der Waals surface area (Å²) in [6, 6.07) is 6.96. The number of benzene rings is 1. The van der Waals surface area contributed by atoms with E-state index in [1.165, 1.54) is 17.0 Å². The topological polar surface area (TPSA) is 150 Å². The van der Waals surface area contributed by atoms with Gasteiger partial charge in [0.25, 0.3) is 0 Å². The minimum atomic E-state index is -1.88. The van der Waals surface area contributed by atoms with Crippen LogP contribution in [0.3, 0.4) is 0 Å². The highest BCUT2D eigenvalue weighted by Crippen LogP contribution is 2.43. The van der Waals surface area contributed by atoms with E-state index in [1.807, 2.05) is 0 Å². The Kier molecular flexibility index (Phi) is 6.83. The fourth-order valence-electron chi connectivity index (χ4n) is 4.65. The van der Waals surface area contributed by atoms with Gasteiger partial charge in [-0.1, -0.05) is 36.8 Å². The van der Waals surface area contributed by atoms with Gasteiger partial charge < -0.3 is 25.2 Å². The summed E-state index contributed by atoms with van der Waals surface area (Å²) in [6.45, 7) is -0.349. The second kappa shape index (κ2) is 9.65. The lowest BCUT2D eigenvalue weighted by Crippen LogP contribution is -2.75. The van der Waals surface area contributed by atoms with Crippen molar-refractivity contribution in [2.75, 3.05) is 12.3 Å². The molecule has 2 heterocycles. The maximum Gasteiger partial charge on any atom is 0.326 e. The highest BCUT2D eigenvalue weighted by molar-refractivity contribution is 8.00. The third kappa shape index (κ3) is 4.36. The molecular weight excluding hydrogens is 464 g/mol. The predicted molar refractivity (Wildman–Crippen MR) is 120 cm³/mol. The number of carbonyl (C=O) groups excluding carboxylic acids is 3. The Balaban J connectivity index is 1.43. The number of ether oxygens (including phenoxy) is 1. The normalized spacial score (nSPS) is 27.6. The molecule has 3 unspecified atom stereocenters. The van der Waals surface area contributed by atoms with Crippen molar-refractivity contribution in [2.24, 2.45) is 5.41 Å². The third-order valence-corrected chi connectivity index (χ3v) is 8.18. The average molecular weight is 491 g/mol. The van der Waals surface area contributed by atoms with Crippen LogP contribution in [-0.2, 0) is 28.7 Å². The molecule has 3 N–H and O–H groups in total. The number of hydrogen-bond donors (Lipinski definition) is 3. The molecule has 1 aliphatic carbocycles. The van der Waals surface area contributed by atoms with Gasteiger partial charge in [-0.3, -0.25) is 24.0 Å². The van der Waals surface area contributed by atoms with E-state index in [0.717, 1.165) is 31.0 Å². The Morgan fingerprint density at radius 1 is 1.09 bits per heavy atom. The molecule has 0 bridgehead atoms. The summed E-state index contributed by atoms with van der Waals surface area (Å²) in [7, 11) is 0. The van der Waals surface area contributed by atoms with E-state index in [1.54, 1.807) is 18.2 Å². The average Bonchev–Trinajstić information content (AvgIpc) is 2.83. The summed E-state index contributed by atoms with van der Waals surface area (Å²) in [5.74, 6) is -6.53. The summed E-state index contributed by atoms with van der Waals surface area (Å²) in [5, 5.41) is 21.3. The van der Waals surface area contributed by atoms with Gasteiger partial charge in [-0.25, -0.2) is 0 Å². The number of carboxylic acids is 2. The number of nitrogens with one attached hydrogen (secondary N) is 1. The maximum atomic E-state index is 12.9. The molecule has 0 aromatic heterocycles. The van der Waals surface area contributed by atoms with Crippen LogP contribution in [0.4, 0.5) is 0 Å². The molecular formula is C23H26N2O8S. The van der Waals surface area contributed by atoms with Gasteiger partial charge in [-0.05, 0) is 31.2 Å². The highest BCUT2D eigenvalue weighted by Gasteiger charge is 2.61. The molecule has 11 heteroatoms. The van der Waals surface area contributed by atoms with Gasteiger partial charge in [0, 0.05) is 12.3 Å². The minimum absolute atomic E-state index is 0.115. The minimum Gasteiger partial charge on any atom is -0.480 e. The summed E-state index contributed by atoms with van der Waals surface area (Å²) < 4.78 is 5.53. The van der Waals surface area contributed by atoms with Crippen LogP contribution < -0.4 is 5.32 Å². The van der Waals surface area contributed by atoms with E-state index in [0.29, 0.717) is 12.8 Å². The number of amides is 2. The van der Waals surface area contributed by atoms with Gasteiger partial charge >= 0.3 is 17.9 Å². The Bertz CT molecular complexity index is 996. The smallest absolute Gasteiger partial charge is 0.326 e. The van der Waals surface area contributed by atoms with Crippen molar-refractivity contribution >= 4 is 41.5 Å². The zero-order valence-electron chi connectivity index (χ0n) is 18.3. The van der Waals surface area contributed by atoms with Crippen molar-refractivity contribution in [3.8, 4) is 0 Å². The number of esters is 1. The number of fused-ring (bicyclic) bond motifs is 1. The third-order valence-electron chi connectivity index (χ3n) is 6.65. The zero-order valence-corrected chi connectivity index (χ0v) is 19.2. The lowest BCUT2D eigenvalue weighted by molar-refractivity contribution is -0.177. The maximum absolute atomic E-state index is 12.9. The monoisotopic (exact) mass is 490 g/mol. The first-order chi connectivity index (χ1) is 16.2. The molecule has 0 spiro atoms. The second-order valence-electron chi connectivity index (χ2n) is 8.89. The Morgan fingerprint density at radius 2 is 1.76 bits per heavy atom. The van der Waals surface area contributed by atoms with E-state index in [4.69, 9.17) is 4.74 Å². The fraction of sp³-hybridized carbons (Fsp3) is 0.522. The van der Waals surface area contributed by atoms with E-state index in [-0.39, 0.29) is 24.0 Å². The first-order valence-corrected chi connectivity index (χ1v) is 12.2. The number of β-lactam (4-membered cyclic amide) rings is 1. The largest absolute Gasteiger partial charge is 0.480 e. The van der Waals surface area contributed by atoms with Crippen molar-refractivity contribution in [3.05, 3.63) is 35.9 Å². The standard InChI is InChI=1S/C23H26N2O8S/c26-17(15(20(28)29)13-7-3-1-4-8-13)24-16-18(27)25-11-23(21(30)31,12-34-19(16)25)22(32)33-14-9-5-2-6-10-14/h1,3-4,7-8,14-16,19H,2,5-6,9-12H2,(H,24,26)(H,28,29)(H,30,31)/t15?,16?,19-,23?/m1/s1. The summed E-state index contributed by atoms with van der Waals surface area (Å²) >= 11 is 1.07. The van der Waals surface area contributed by atoms with Gasteiger partial charge in [-0.2, -0.15) is 0 Å². The van der Waals surface area contributed by atoms with E-state index < -0.39 is 52.5 Å². The summed E-state index contributed by atoms with van der Waals surface area (Å²) in [4.78, 5) is 63.5. The van der Waals surface area contributed by atoms with Gasteiger partial charge in [0.1, 0.15) is 17.5 Å². The number of carbonyl (C=O) groups is 5. The van der Waals surface area contributed by atoms with E-state index in [2.05, 4.69) is 5.32 Å². The molecule has 3 fully saturated rings. The van der Waals surface area contributed by atoms with Crippen molar-refractivity contribution < 1.29 is 38.9 Å². The van der Waals surface area contributed by atoms with Crippen LogP contribution in [0.15, 0.2) is 30.3 Å². The molecule has 2 aliphatic heterocycles. The van der Waals surface area contributed by atoms with Gasteiger partial charge in [0.15, 0.2) is 11.3 Å². The SMILES string of the molecule is O=C(O)C(C(=O)NC1C(=O)N2CC(C(=O)O)(C(=O)OC3CCCCC3)CS[C@H]12)c1ccccc1. The number of nitrogens with zero attached hydrogens (tertiary/aromatic N) is 1. The van der Waals surface area contributed by atoms with Gasteiger partial charge in [0.05, 0.1) is 0 Å². The van der Waals surface area contributed by atoms with Crippen LogP contribution in [0.5, 0.6) is 0 Å². The molecule has 2 saturated heterocycles. The molecule has 10 nitrogen and oxygen atoms in total. The summed E-state index contributed by atoms with van der Waals surface area (Å²) in [6.07, 6.45) is 3.96. The molecule has 3 aliphatic rings. The molecule has 1 aromatic rings. The van der Waals surface area contributed by atoms with Crippen LogP contribution in [-0.4, -0.2) is 74.7 Å². The molecule has 4 atom stereocenters. The van der Waals surface area contributed by atoms with Crippen LogP contribution in [0.25, 0.3) is 0 Å². The number of carboxylic acid groups (broad SMARTS) is 2. The molecule has 0 radical (unpaired) electrons. The molecule has 34 heavy (non-hydrogen) atoms. The molecule has 2 amide bonds. The Morgan fingerprint density at radius 3 is 2.38 bits per heavy atom. The van der Waals surface area contributed by atoms with E-state index >= 15 is 0 Å². The number of rotatable bonds is 7.